The molecule has 0 aliphatic heterocycles. The molecular formula is C15H24N2OS. The van der Waals surface area contributed by atoms with Gasteiger partial charge in [0.05, 0.1) is 0 Å². The van der Waals surface area contributed by atoms with Gasteiger partial charge >= 0.3 is 0 Å². The summed E-state index contributed by atoms with van der Waals surface area (Å²) in [5, 5.41) is 10.7. The molecule has 0 spiro atoms. The van der Waals surface area contributed by atoms with Gasteiger partial charge in [0, 0.05) is 22.4 Å². The van der Waals surface area contributed by atoms with E-state index in [1.165, 1.54) is 11.3 Å². The average Bonchev–Trinajstić information content (AvgIpc) is 2.82. The molecule has 0 fully saturated rings. The molecule has 1 N–H and O–H groups in total. The summed E-state index contributed by atoms with van der Waals surface area (Å²) in [5.74, 6) is 5.63. The smallest absolute Gasteiger partial charge is 0.104 e. The molecular weight excluding hydrogens is 256 g/mol. The van der Waals surface area contributed by atoms with Gasteiger partial charge in [-0.15, -0.1) is 11.3 Å². The fourth-order valence-electron chi connectivity index (χ4n) is 1.85. The predicted octanol–water partition coefficient (Wildman–Crippen LogP) is 1.87. The minimum absolute atomic E-state index is 0.0726. The Labute approximate surface area is 120 Å². The number of thiophene rings is 1. The van der Waals surface area contributed by atoms with Crippen LogP contribution in [0.25, 0.3) is 0 Å². The molecule has 0 aromatic carbocycles. The SMILES string of the molecule is CCN(CCCN(C)C)Cc1cc(C#CCO)cs1. The lowest BCUT2D eigenvalue weighted by Crippen LogP contribution is -2.26. The van der Waals surface area contributed by atoms with Crippen molar-refractivity contribution in [3.05, 3.63) is 21.9 Å². The van der Waals surface area contributed by atoms with Gasteiger partial charge in [-0.3, -0.25) is 4.90 Å². The summed E-state index contributed by atoms with van der Waals surface area (Å²) in [4.78, 5) is 6.02. The van der Waals surface area contributed by atoms with Crippen molar-refractivity contribution in [1.82, 2.24) is 9.80 Å². The number of aliphatic hydroxyl groups is 1. The summed E-state index contributed by atoms with van der Waals surface area (Å²) < 4.78 is 0. The van der Waals surface area contributed by atoms with Gasteiger partial charge in [-0.2, -0.15) is 0 Å². The first kappa shape index (κ1) is 16.2. The van der Waals surface area contributed by atoms with Gasteiger partial charge in [0.1, 0.15) is 6.61 Å². The lowest BCUT2D eigenvalue weighted by Gasteiger charge is -2.20. The first-order valence-electron chi connectivity index (χ1n) is 6.70. The molecule has 1 rings (SSSR count). The average molecular weight is 280 g/mol. The van der Waals surface area contributed by atoms with E-state index in [2.05, 4.69) is 54.1 Å². The molecule has 1 aromatic rings. The highest BCUT2D eigenvalue weighted by atomic mass is 32.1. The highest BCUT2D eigenvalue weighted by Gasteiger charge is 2.06. The zero-order chi connectivity index (χ0) is 14.1. The summed E-state index contributed by atoms with van der Waals surface area (Å²) in [6, 6.07) is 2.13. The van der Waals surface area contributed by atoms with Crippen LogP contribution in [0.5, 0.6) is 0 Å². The largest absolute Gasteiger partial charge is 0.384 e. The van der Waals surface area contributed by atoms with Crippen LogP contribution in [0.1, 0.15) is 23.8 Å². The number of hydrogen-bond donors (Lipinski definition) is 1. The van der Waals surface area contributed by atoms with Crippen molar-refractivity contribution in [1.29, 1.82) is 0 Å². The van der Waals surface area contributed by atoms with Gasteiger partial charge in [-0.05, 0) is 46.2 Å². The number of aliphatic hydroxyl groups excluding tert-OH is 1. The van der Waals surface area contributed by atoms with Gasteiger partial charge < -0.3 is 10.0 Å². The Morgan fingerprint density at radius 1 is 1.32 bits per heavy atom. The van der Waals surface area contributed by atoms with E-state index >= 15 is 0 Å². The summed E-state index contributed by atoms with van der Waals surface area (Å²) in [6.45, 7) is 6.46. The van der Waals surface area contributed by atoms with Crippen molar-refractivity contribution in [2.24, 2.45) is 0 Å². The van der Waals surface area contributed by atoms with Crippen LogP contribution in [0.15, 0.2) is 11.4 Å². The zero-order valence-electron chi connectivity index (χ0n) is 12.1. The molecule has 19 heavy (non-hydrogen) atoms. The van der Waals surface area contributed by atoms with Crippen molar-refractivity contribution < 1.29 is 5.11 Å². The topological polar surface area (TPSA) is 26.7 Å². The van der Waals surface area contributed by atoms with E-state index in [9.17, 15) is 0 Å². The Balaban J connectivity index is 2.44. The third kappa shape index (κ3) is 6.74. The number of hydrogen-bond acceptors (Lipinski definition) is 4. The maximum Gasteiger partial charge on any atom is 0.104 e. The Hall–Kier alpha value is -0.860. The molecule has 106 valence electrons. The van der Waals surface area contributed by atoms with E-state index in [-0.39, 0.29) is 6.61 Å². The maximum absolute atomic E-state index is 8.68. The Morgan fingerprint density at radius 2 is 2.11 bits per heavy atom. The highest BCUT2D eigenvalue weighted by molar-refractivity contribution is 7.10. The third-order valence-corrected chi connectivity index (χ3v) is 3.79. The Morgan fingerprint density at radius 3 is 2.74 bits per heavy atom. The molecule has 0 saturated heterocycles. The highest BCUT2D eigenvalue weighted by Crippen LogP contribution is 2.16. The van der Waals surface area contributed by atoms with Gasteiger partial charge in [-0.25, -0.2) is 0 Å². The van der Waals surface area contributed by atoms with Gasteiger partial charge in [0.25, 0.3) is 0 Å². The summed E-state index contributed by atoms with van der Waals surface area (Å²) in [6.07, 6.45) is 1.20. The van der Waals surface area contributed by atoms with Crippen LogP contribution in [-0.2, 0) is 6.54 Å². The molecule has 0 atom stereocenters. The van der Waals surface area contributed by atoms with Gasteiger partial charge in [0.2, 0.25) is 0 Å². The second kappa shape index (κ2) is 9.11. The monoisotopic (exact) mass is 280 g/mol. The summed E-state index contributed by atoms with van der Waals surface area (Å²) in [5.41, 5.74) is 1.01. The summed E-state index contributed by atoms with van der Waals surface area (Å²) in [7, 11) is 4.23. The van der Waals surface area contributed by atoms with Crippen LogP contribution in [-0.4, -0.2) is 55.2 Å². The Bertz CT molecular complexity index is 417. The van der Waals surface area contributed by atoms with E-state index in [1.54, 1.807) is 11.3 Å². The van der Waals surface area contributed by atoms with Crippen molar-refractivity contribution in [3.8, 4) is 11.8 Å². The van der Waals surface area contributed by atoms with Crippen LogP contribution in [0.2, 0.25) is 0 Å². The minimum atomic E-state index is -0.0726. The maximum atomic E-state index is 8.68. The third-order valence-electron chi connectivity index (χ3n) is 2.87. The molecule has 0 unspecified atom stereocenters. The van der Waals surface area contributed by atoms with Crippen LogP contribution in [0.4, 0.5) is 0 Å². The molecule has 0 amide bonds. The Kier molecular flexibility index (Phi) is 7.76. The van der Waals surface area contributed by atoms with E-state index in [0.29, 0.717) is 0 Å². The fraction of sp³-hybridized carbons (Fsp3) is 0.600. The fourth-order valence-corrected chi connectivity index (χ4v) is 2.71. The van der Waals surface area contributed by atoms with Crippen molar-refractivity contribution in [3.63, 3.8) is 0 Å². The van der Waals surface area contributed by atoms with Gasteiger partial charge in [0.15, 0.2) is 0 Å². The molecule has 1 heterocycles. The molecule has 0 radical (unpaired) electrons. The van der Waals surface area contributed by atoms with Crippen molar-refractivity contribution >= 4 is 11.3 Å². The second-order valence-electron chi connectivity index (χ2n) is 4.79. The van der Waals surface area contributed by atoms with Crippen molar-refractivity contribution in [2.45, 2.75) is 19.9 Å². The molecule has 0 bridgehead atoms. The van der Waals surface area contributed by atoms with Crippen LogP contribution in [0.3, 0.4) is 0 Å². The minimum Gasteiger partial charge on any atom is -0.384 e. The van der Waals surface area contributed by atoms with E-state index in [0.717, 1.165) is 31.7 Å². The number of nitrogens with zero attached hydrogens (tertiary/aromatic N) is 2. The molecule has 3 nitrogen and oxygen atoms in total. The first-order chi connectivity index (χ1) is 9.15. The normalized spacial score (nSPS) is 10.8. The van der Waals surface area contributed by atoms with E-state index in [4.69, 9.17) is 5.11 Å². The molecule has 0 saturated carbocycles. The predicted molar refractivity (Wildman–Crippen MR) is 82.4 cm³/mol. The quantitative estimate of drug-likeness (QED) is 0.772. The molecule has 1 aromatic heterocycles. The van der Waals surface area contributed by atoms with Crippen molar-refractivity contribution in [2.75, 3.05) is 40.3 Å². The molecule has 0 aliphatic rings. The standard InChI is InChI=1S/C15H24N2OS/c1-4-17(9-6-8-16(2)3)12-15-11-14(13-19-15)7-5-10-18/h11,13,18H,4,6,8-10,12H2,1-3H3. The van der Waals surface area contributed by atoms with Gasteiger partial charge in [-0.1, -0.05) is 18.8 Å². The zero-order valence-corrected chi connectivity index (χ0v) is 13.0. The van der Waals surface area contributed by atoms with Crippen LogP contribution < -0.4 is 0 Å². The molecule has 4 heteroatoms. The second-order valence-corrected chi connectivity index (χ2v) is 5.78. The molecule has 0 aliphatic carbocycles. The first-order valence-corrected chi connectivity index (χ1v) is 7.58. The van der Waals surface area contributed by atoms with Crippen LogP contribution >= 0.6 is 11.3 Å². The van der Waals surface area contributed by atoms with E-state index in [1.807, 2.05) is 0 Å². The number of rotatable bonds is 7. The van der Waals surface area contributed by atoms with E-state index < -0.39 is 0 Å². The lowest BCUT2D eigenvalue weighted by molar-refractivity contribution is 0.261. The summed E-state index contributed by atoms with van der Waals surface area (Å²) >= 11 is 1.75. The lowest BCUT2D eigenvalue weighted by atomic mass is 10.3. The van der Waals surface area contributed by atoms with Crippen LogP contribution in [0, 0.1) is 11.8 Å².